The molecule has 55 heavy (non-hydrogen) atoms. The molecule has 10 rings (SSSR count). The van der Waals surface area contributed by atoms with Crippen LogP contribution in [0.4, 0.5) is 17.1 Å². The maximum atomic E-state index is 2.42. The third-order valence-corrected chi connectivity index (χ3v) is 10.9. The first-order chi connectivity index (χ1) is 27.3. The van der Waals surface area contributed by atoms with Gasteiger partial charge in [0.05, 0.1) is 5.69 Å². The number of hydrogen-bond donors (Lipinski definition) is 0. The zero-order chi connectivity index (χ0) is 36.6. The van der Waals surface area contributed by atoms with Gasteiger partial charge in [0.25, 0.3) is 0 Å². The third kappa shape index (κ3) is 6.02. The van der Waals surface area contributed by atoms with Crippen molar-refractivity contribution in [1.29, 1.82) is 0 Å². The zero-order valence-corrected chi connectivity index (χ0v) is 30.3. The lowest BCUT2D eigenvalue weighted by Gasteiger charge is -2.29. The normalized spacial score (nSPS) is 11.3. The van der Waals surface area contributed by atoms with Crippen LogP contribution in [0.3, 0.4) is 0 Å². The fourth-order valence-electron chi connectivity index (χ4n) is 8.18. The summed E-state index contributed by atoms with van der Waals surface area (Å²) in [6, 6.07) is 81.5. The molecule has 0 fully saturated rings. The molecule has 0 heterocycles. The number of benzene rings is 10. The van der Waals surface area contributed by atoms with E-state index in [-0.39, 0.29) is 0 Å². The predicted molar refractivity (Wildman–Crippen MR) is 235 cm³/mol. The first-order valence-corrected chi connectivity index (χ1v) is 18.9. The summed E-state index contributed by atoms with van der Waals surface area (Å²) in [4.78, 5) is 2.42. The second kappa shape index (κ2) is 14.0. The minimum absolute atomic E-state index is 1.10. The van der Waals surface area contributed by atoms with Gasteiger partial charge in [-0.25, -0.2) is 0 Å². The van der Waals surface area contributed by atoms with E-state index in [1.165, 1.54) is 76.8 Å². The van der Waals surface area contributed by atoms with Crippen LogP contribution in [-0.2, 0) is 0 Å². The van der Waals surface area contributed by atoms with Gasteiger partial charge in [-0.2, -0.15) is 0 Å². The summed E-state index contributed by atoms with van der Waals surface area (Å²) >= 11 is 0. The van der Waals surface area contributed by atoms with Crippen molar-refractivity contribution in [3.63, 3.8) is 0 Å². The lowest BCUT2D eigenvalue weighted by molar-refractivity contribution is 1.28. The van der Waals surface area contributed by atoms with E-state index in [0.29, 0.717) is 0 Å². The Morgan fingerprint density at radius 1 is 0.236 bits per heavy atom. The smallest absolute Gasteiger partial charge is 0.0546 e. The van der Waals surface area contributed by atoms with Gasteiger partial charge in [0.15, 0.2) is 0 Å². The fourth-order valence-corrected chi connectivity index (χ4v) is 8.18. The van der Waals surface area contributed by atoms with Crippen LogP contribution in [-0.4, -0.2) is 0 Å². The summed E-state index contributed by atoms with van der Waals surface area (Å²) in [6.45, 7) is 0. The van der Waals surface area contributed by atoms with E-state index in [4.69, 9.17) is 0 Å². The van der Waals surface area contributed by atoms with E-state index in [0.717, 1.165) is 17.1 Å². The lowest BCUT2D eigenvalue weighted by Crippen LogP contribution is -2.11. The summed E-state index contributed by atoms with van der Waals surface area (Å²) in [5.74, 6) is 0. The van der Waals surface area contributed by atoms with Gasteiger partial charge in [-0.3, -0.25) is 0 Å². The number of nitrogens with zero attached hydrogens (tertiary/aromatic N) is 1. The lowest BCUT2D eigenvalue weighted by atomic mass is 9.92. The molecule has 10 aromatic rings. The van der Waals surface area contributed by atoms with Crippen molar-refractivity contribution >= 4 is 49.4 Å². The zero-order valence-electron chi connectivity index (χ0n) is 30.3. The highest BCUT2D eigenvalue weighted by molar-refractivity contribution is 6.04. The van der Waals surface area contributed by atoms with Crippen molar-refractivity contribution in [1.82, 2.24) is 0 Å². The Morgan fingerprint density at radius 3 is 1.22 bits per heavy atom. The summed E-state index contributed by atoms with van der Waals surface area (Å²) < 4.78 is 0. The number of anilines is 3. The maximum absolute atomic E-state index is 2.42. The molecule has 1 heteroatoms. The van der Waals surface area contributed by atoms with Gasteiger partial charge < -0.3 is 4.90 Å². The third-order valence-electron chi connectivity index (χ3n) is 10.9. The summed E-state index contributed by atoms with van der Waals surface area (Å²) in [5, 5.41) is 7.48. The molecule has 0 aliphatic rings. The van der Waals surface area contributed by atoms with Crippen molar-refractivity contribution < 1.29 is 0 Å². The quantitative estimate of drug-likeness (QED) is 0.160. The molecular weight excluding hydrogens is 663 g/mol. The van der Waals surface area contributed by atoms with Gasteiger partial charge in [-0.15, -0.1) is 0 Å². The van der Waals surface area contributed by atoms with Gasteiger partial charge >= 0.3 is 0 Å². The van der Waals surface area contributed by atoms with Crippen LogP contribution in [0.5, 0.6) is 0 Å². The highest BCUT2D eigenvalue weighted by Gasteiger charge is 2.20. The molecule has 0 spiro atoms. The Morgan fingerprint density at radius 2 is 0.636 bits per heavy atom. The Bertz CT molecular complexity index is 2940. The number of hydrogen-bond acceptors (Lipinski definition) is 1. The molecule has 0 aliphatic heterocycles. The molecule has 258 valence electrons. The predicted octanol–water partition coefficient (Wildman–Crippen LogP) is 15.3. The van der Waals surface area contributed by atoms with Crippen molar-refractivity contribution in [3.8, 4) is 44.5 Å². The van der Waals surface area contributed by atoms with Gasteiger partial charge in [0.2, 0.25) is 0 Å². The topological polar surface area (TPSA) is 3.24 Å². The standard InChI is InChI=1S/C54H37N/c1-2-19-45(20-3-1)55(46-34-31-39(32-35-46)38-27-29-43(30-28-38)49-24-10-16-40-13-4-7-21-47(40)49)54-37-44(51-25-11-17-41-14-5-8-22-48(41)51)33-36-53(54)52-26-12-18-42-15-6-9-23-50(42)52/h1-37H. The monoisotopic (exact) mass is 699 g/mol. The highest BCUT2D eigenvalue weighted by atomic mass is 15.1. The van der Waals surface area contributed by atoms with Gasteiger partial charge in [0, 0.05) is 16.9 Å². The molecule has 0 radical (unpaired) electrons. The molecule has 0 aliphatic carbocycles. The molecule has 0 aromatic heterocycles. The number of para-hydroxylation sites is 1. The maximum Gasteiger partial charge on any atom is 0.0546 e. The Kier molecular flexibility index (Phi) is 8.24. The summed E-state index contributed by atoms with van der Waals surface area (Å²) in [5.41, 5.74) is 13.0. The van der Waals surface area contributed by atoms with Crippen molar-refractivity contribution in [2.75, 3.05) is 4.90 Å². The largest absolute Gasteiger partial charge is 0.310 e. The van der Waals surface area contributed by atoms with Crippen LogP contribution in [0, 0.1) is 0 Å². The van der Waals surface area contributed by atoms with Crippen LogP contribution >= 0.6 is 0 Å². The van der Waals surface area contributed by atoms with E-state index in [2.05, 4.69) is 229 Å². The molecule has 0 amide bonds. The van der Waals surface area contributed by atoms with Crippen LogP contribution in [0.1, 0.15) is 0 Å². The highest BCUT2D eigenvalue weighted by Crippen LogP contribution is 2.45. The fraction of sp³-hybridized carbons (Fsp3) is 0. The van der Waals surface area contributed by atoms with Crippen LogP contribution in [0.25, 0.3) is 76.8 Å². The average Bonchev–Trinajstić information content (AvgIpc) is 3.27. The summed E-state index contributed by atoms with van der Waals surface area (Å²) in [7, 11) is 0. The number of fused-ring (bicyclic) bond motifs is 3. The minimum Gasteiger partial charge on any atom is -0.310 e. The Hall–Kier alpha value is -7.22. The van der Waals surface area contributed by atoms with Crippen LogP contribution in [0.2, 0.25) is 0 Å². The second-order valence-corrected chi connectivity index (χ2v) is 14.1. The first-order valence-electron chi connectivity index (χ1n) is 18.9. The molecule has 0 saturated carbocycles. The molecule has 0 bridgehead atoms. The molecule has 10 aromatic carbocycles. The van der Waals surface area contributed by atoms with Gasteiger partial charge in [0.1, 0.15) is 0 Å². The van der Waals surface area contributed by atoms with Crippen LogP contribution in [0.15, 0.2) is 224 Å². The van der Waals surface area contributed by atoms with Crippen LogP contribution < -0.4 is 4.90 Å². The number of rotatable bonds is 7. The molecular formula is C54H37N. The SMILES string of the molecule is c1ccc(N(c2ccc(-c3ccc(-c4cccc5ccccc45)cc3)cc2)c2cc(-c3cccc4ccccc34)ccc2-c2cccc3ccccc23)cc1. The van der Waals surface area contributed by atoms with E-state index >= 15 is 0 Å². The second-order valence-electron chi connectivity index (χ2n) is 14.1. The van der Waals surface area contributed by atoms with E-state index in [1.807, 2.05) is 0 Å². The van der Waals surface area contributed by atoms with Gasteiger partial charge in [-0.05, 0) is 102 Å². The van der Waals surface area contributed by atoms with Crippen molar-refractivity contribution in [3.05, 3.63) is 224 Å². The first kappa shape index (κ1) is 32.4. The Labute approximate surface area is 322 Å². The van der Waals surface area contributed by atoms with Crippen molar-refractivity contribution in [2.24, 2.45) is 0 Å². The molecule has 0 unspecified atom stereocenters. The van der Waals surface area contributed by atoms with Gasteiger partial charge in [-0.1, -0.05) is 194 Å². The minimum atomic E-state index is 1.10. The molecule has 0 saturated heterocycles. The Balaban J connectivity index is 1.11. The van der Waals surface area contributed by atoms with E-state index in [1.54, 1.807) is 0 Å². The molecule has 0 atom stereocenters. The summed E-state index contributed by atoms with van der Waals surface area (Å²) in [6.07, 6.45) is 0. The molecule has 1 nitrogen and oxygen atoms in total. The van der Waals surface area contributed by atoms with E-state index in [9.17, 15) is 0 Å². The molecule has 0 N–H and O–H groups in total. The average molecular weight is 700 g/mol. The van der Waals surface area contributed by atoms with Crippen molar-refractivity contribution in [2.45, 2.75) is 0 Å². The van der Waals surface area contributed by atoms with E-state index < -0.39 is 0 Å².